The summed E-state index contributed by atoms with van der Waals surface area (Å²) in [5.74, 6) is -0.249. The minimum absolute atomic E-state index is 0.249. The molecule has 0 radical (unpaired) electrons. The first-order valence-corrected chi connectivity index (χ1v) is 41.0. The zero-order valence-corrected chi connectivity index (χ0v) is 63.0. The topological polar surface area (TPSA) is 228 Å². The zero-order valence-electron chi connectivity index (χ0n) is 63.0. The average molecular weight is 1400 g/mol. The molecule has 14 heteroatoms. The Hall–Kier alpha value is -3.09. The summed E-state index contributed by atoms with van der Waals surface area (Å²) in [5, 5.41) is 87.7. The molecule has 0 bridgehead atoms. The van der Waals surface area contributed by atoms with Crippen LogP contribution in [-0.4, -0.2) is 140 Å². The highest BCUT2D eigenvalue weighted by Gasteiger charge is 2.51. The Morgan fingerprint density at radius 2 is 0.707 bits per heavy atom. The molecule has 2 fully saturated rings. The van der Waals surface area contributed by atoms with Crippen LogP contribution in [-0.2, 0) is 23.7 Å². The van der Waals surface area contributed by atoms with Crippen molar-refractivity contribution in [3.05, 3.63) is 97.2 Å². The highest BCUT2D eigenvalue weighted by atomic mass is 16.7. The van der Waals surface area contributed by atoms with Crippen molar-refractivity contribution >= 4 is 5.91 Å². The van der Waals surface area contributed by atoms with E-state index in [1.54, 1.807) is 6.08 Å². The van der Waals surface area contributed by atoms with E-state index in [4.69, 9.17) is 18.9 Å². The van der Waals surface area contributed by atoms with Gasteiger partial charge in [-0.2, -0.15) is 0 Å². The SMILES string of the molecule is CC/C=C\C/C=C\C/C=C\C/C=C\C/C=C\CCCCCCCCCCCCCCCCCCCCCCCCCC(=O)NC(COC1OC(CO)C(OC2OC(CO)C(O)C(O)C2O)C(O)C1O)C(O)/C=C/CC/C=C/CC/C=C/CCCCCCCCCCCCCCCCCC. The van der Waals surface area contributed by atoms with Crippen LogP contribution < -0.4 is 5.32 Å². The van der Waals surface area contributed by atoms with Gasteiger partial charge in [-0.25, -0.2) is 0 Å². The van der Waals surface area contributed by atoms with Crippen LogP contribution in [0.25, 0.3) is 0 Å². The van der Waals surface area contributed by atoms with Crippen molar-refractivity contribution in [3.63, 3.8) is 0 Å². The van der Waals surface area contributed by atoms with Gasteiger partial charge in [-0.1, -0.05) is 342 Å². The molecule has 2 aliphatic rings. The Balaban J connectivity index is 1.60. The van der Waals surface area contributed by atoms with Gasteiger partial charge in [-0.05, 0) is 89.9 Å². The van der Waals surface area contributed by atoms with E-state index in [0.29, 0.717) is 12.8 Å². The van der Waals surface area contributed by atoms with Gasteiger partial charge in [0.1, 0.15) is 48.8 Å². The molecule has 12 atom stereocenters. The van der Waals surface area contributed by atoms with Crippen LogP contribution in [0, 0.1) is 0 Å². The van der Waals surface area contributed by atoms with E-state index in [2.05, 4.69) is 104 Å². The number of amides is 1. The quantitative estimate of drug-likeness (QED) is 0.0204. The van der Waals surface area contributed by atoms with Crippen molar-refractivity contribution in [2.75, 3.05) is 19.8 Å². The fourth-order valence-electron chi connectivity index (χ4n) is 13.1. The minimum atomic E-state index is -1.80. The maximum Gasteiger partial charge on any atom is 0.220 e. The molecule has 99 heavy (non-hydrogen) atoms. The Morgan fingerprint density at radius 1 is 0.374 bits per heavy atom. The number of carbonyl (C=O) groups excluding carboxylic acids is 1. The molecule has 0 spiro atoms. The van der Waals surface area contributed by atoms with Gasteiger partial charge in [0.2, 0.25) is 5.91 Å². The number of carbonyl (C=O) groups is 1. The second kappa shape index (κ2) is 68.0. The van der Waals surface area contributed by atoms with Gasteiger partial charge < -0.3 is 65.1 Å². The fourth-order valence-corrected chi connectivity index (χ4v) is 13.1. The van der Waals surface area contributed by atoms with E-state index < -0.39 is 86.8 Å². The number of ether oxygens (including phenoxy) is 4. The second-order valence-electron chi connectivity index (χ2n) is 28.5. The van der Waals surface area contributed by atoms with Crippen LogP contribution >= 0.6 is 0 Å². The zero-order chi connectivity index (χ0) is 71.5. The molecule has 12 unspecified atom stereocenters. The van der Waals surface area contributed by atoms with Gasteiger partial charge in [0.15, 0.2) is 12.6 Å². The highest BCUT2D eigenvalue weighted by molar-refractivity contribution is 5.76. The predicted octanol–water partition coefficient (Wildman–Crippen LogP) is 18.9. The lowest BCUT2D eigenvalue weighted by atomic mass is 9.97. The molecule has 9 N–H and O–H groups in total. The lowest BCUT2D eigenvalue weighted by molar-refractivity contribution is -0.359. The van der Waals surface area contributed by atoms with Crippen LogP contribution in [0.4, 0.5) is 0 Å². The van der Waals surface area contributed by atoms with Gasteiger partial charge >= 0.3 is 0 Å². The van der Waals surface area contributed by atoms with Gasteiger partial charge in [-0.3, -0.25) is 4.79 Å². The molecule has 2 aliphatic heterocycles. The Bertz CT molecular complexity index is 2040. The third-order valence-corrected chi connectivity index (χ3v) is 19.5. The first kappa shape index (κ1) is 92.0. The van der Waals surface area contributed by atoms with Crippen LogP contribution in [0.2, 0.25) is 0 Å². The van der Waals surface area contributed by atoms with E-state index in [1.165, 1.54) is 231 Å². The van der Waals surface area contributed by atoms with Crippen molar-refractivity contribution < 1.29 is 64.6 Å². The summed E-state index contributed by atoms with van der Waals surface area (Å²) in [6.45, 7) is 2.70. The molecule has 0 aliphatic carbocycles. The third-order valence-electron chi connectivity index (χ3n) is 19.5. The number of nitrogens with one attached hydrogen (secondary N) is 1. The van der Waals surface area contributed by atoms with Crippen molar-refractivity contribution in [1.82, 2.24) is 5.32 Å². The number of rotatable bonds is 68. The van der Waals surface area contributed by atoms with Crippen molar-refractivity contribution in [2.24, 2.45) is 0 Å². The Morgan fingerprint density at radius 3 is 1.11 bits per heavy atom. The second-order valence-corrected chi connectivity index (χ2v) is 28.5. The maximum atomic E-state index is 13.4. The number of aliphatic hydroxyl groups is 8. The molecule has 574 valence electrons. The van der Waals surface area contributed by atoms with Gasteiger partial charge in [0.25, 0.3) is 0 Å². The smallest absolute Gasteiger partial charge is 0.220 e. The van der Waals surface area contributed by atoms with Crippen LogP contribution in [0.5, 0.6) is 0 Å². The number of hydrogen-bond donors (Lipinski definition) is 9. The summed E-state index contributed by atoms with van der Waals surface area (Å²) in [7, 11) is 0. The van der Waals surface area contributed by atoms with Gasteiger partial charge in [-0.15, -0.1) is 0 Å². The summed E-state index contributed by atoms with van der Waals surface area (Å²) in [5.41, 5.74) is 0. The number of unbranched alkanes of at least 4 members (excludes halogenated alkanes) is 41. The maximum absolute atomic E-state index is 13.4. The monoisotopic (exact) mass is 1390 g/mol. The molecule has 0 aromatic rings. The predicted molar refractivity (Wildman–Crippen MR) is 410 cm³/mol. The summed E-state index contributed by atoms with van der Waals surface area (Å²) in [6.07, 6.45) is 80.7. The molecule has 1 amide bonds. The van der Waals surface area contributed by atoms with Crippen molar-refractivity contribution in [2.45, 2.75) is 415 Å². The largest absolute Gasteiger partial charge is 0.394 e. The molecule has 14 nitrogen and oxygen atoms in total. The van der Waals surface area contributed by atoms with E-state index >= 15 is 0 Å². The Labute approximate surface area is 604 Å². The molecular weight excluding hydrogens is 1240 g/mol. The number of hydrogen-bond acceptors (Lipinski definition) is 13. The Kier molecular flexibility index (Phi) is 63.2. The van der Waals surface area contributed by atoms with E-state index in [9.17, 15) is 45.6 Å². The summed E-state index contributed by atoms with van der Waals surface area (Å²) < 4.78 is 22.9. The van der Waals surface area contributed by atoms with Crippen LogP contribution in [0.1, 0.15) is 341 Å². The summed E-state index contributed by atoms with van der Waals surface area (Å²) >= 11 is 0. The lowest BCUT2D eigenvalue weighted by Gasteiger charge is -2.46. The van der Waals surface area contributed by atoms with Crippen LogP contribution in [0.3, 0.4) is 0 Å². The van der Waals surface area contributed by atoms with Gasteiger partial charge in [0, 0.05) is 6.42 Å². The third kappa shape index (κ3) is 50.9. The molecule has 0 saturated carbocycles. The summed E-state index contributed by atoms with van der Waals surface area (Å²) in [6, 6.07) is -0.943. The average Bonchev–Trinajstić information content (AvgIpc) is 0.794. The molecular formula is C85H151NO13. The molecule has 2 saturated heterocycles. The number of aliphatic hydroxyl groups excluding tert-OH is 8. The standard InChI is InChI=1S/C85H151NO13/c1-3-5-7-9-11-13-15-17-19-21-23-25-27-29-31-32-33-34-35-36-37-38-39-40-41-42-43-45-47-49-51-53-55-57-59-61-63-65-67-69-77(90)86-73(72-96-84-82(95)80(93)83(76(71-88)98-84)99-85-81(94)79(92)78(91)75(70-87)97-85)74(89)68-66-64-62-60-58-56-54-52-50-48-46-44-30-28-26-24-22-20-18-16-14-12-10-8-6-4-2/h5,7,11,13,17,19,23,25,29,31,50,52,58,60,66,68,73-76,78-85,87-89,91-95H,3-4,6,8-10,12,14-16,18,20-22,24,26-28,30,32-49,51,53-57,59,61-65,67,69-72H2,1-2H3,(H,86,90)/b7-5-,13-11-,19-17-,25-23-,31-29-,52-50+,60-58+,68-66+. The first-order chi connectivity index (χ1) is 48.6. The van der Waals surface area contributed by atoms with E-state index in [1.807, 2.05) is 6.08 Å². The molecule has 2 heterocycles. The fraction of sp³-hybridized carbons (Fsp3) is 0.800. The van der Waals surface area contributed by atoms with Gasteiger partial charge in [0.05, 0.1) is 32.0 Å². The van der Waals surface area contributed by atoms with Crippen molar-refractivity contribution in [3.8, 4) is 0 Å². The highest BCUT2D eigenvalue weighted by Crippen LogP contribution is 2.30. The first-order valence-electron chi connectivity index (χ1n) is 41.0. The van der Waals surface area contributed by atoms with Crippen molar-refractivity contribution in [1.29, 1.82) is 0 Å². The van der Waals surface area contributed by atoms with Crippen LogP contribution in [0.15, 0.2) is 97.2 Å². The number of allylic oxidation sites excluding steroid dienone is 15. The summed E-state index contributed by atoms with van der Waals surface area (Å²) in [4.78, 5) is 13.4. The molecule has 0 aromatic carbocycles. The van der Waals surface area contributed by atoms with E-state index in [-0.39, 0.29) is 18.9 Å². The minimum Gasteiger partial charge on any atom is -0.394 e. The lowest BCUT2D eigenvalue weighted by Crippen LogP contribution is -2.65. The molecule has 2 rings (SSSR count). The van der Waals surface area contributed by atoms with E-state index in [0.717, 1.165) is 77.0 Å². The normalized spacial score (nSPS) is 22.4. The molecule has 0 aromatic heterocycles.